The molecular formula is C22H33N5O. The number of nitrogens with one attached hydrogen (secondary N) is 2. The van der Waals surface area contributed by atoms with Gasteiger partial charge in [-0.05, 0) is 30.4 Å². The quantitative estimate of drug-likeness (QED) is 0.417. The highest BCUT2D eigenvalue weighted by molar-refractivity contribution is 5.79. The van der Waals surface area contributed by atoms with Crippen molar-refractivity contribution >= 4 is 5.96 Å². The molecule has 1 aromatic carbocycles. The third-order valence-electron chi connectivity index (χ3n) is 5.42. The lowest BCUT2D eigenvalue weighted by atomic mass is 10.00. The van der Waals surface area contributed by atoms with Gasteiger partial charge in [-0.25, -0.2) is 0 Å². The summed E-state index contributed by atoms with van der Waals surface area (Å²) in [7, 11) is 1.81. The number of hydrogen-bond acceptors (Lipinski definition) is 4. The van der Waals surface area contributed by atoms with Gasteiger partial charge in [-0.1, -0.05) is 43.3 Å². The zero-order chi connectivity index (χ0) is 19.8. The van der Waals surface area contributed by atoms with Gasteiger partial charge in [-0.2, -0.15) is 0 Å². The summed E-state index contributed by atoms with van der Waals surface area (Å²) >= 11 is 0. The Balaban J connectivity index is 1.40. The first-order chi connectivity index (χ1) is 13.7. The molecule has 152 valence electrons. The molecule has 28 heavy (non-hydrogen) atoms. The lowest BCUT2D eigenvalue weighted by Crippen LogP contribution is -2.39. The van der Waals surface area contributed by atoms with Gasteiger partial charge in [0, 0.05) is 51.8 Å². The highest BCUT2D eigenvalue weighted by Gasteiger charge is 2.15. The van der Waals surface area contributed by atoms with E-state index in [1.165, 1.54) is 16.7 Å². The fourth-order valence-electron chi connectivity index (χ4n) is 3.79. The average molecular weight is 384 g/mol. The van der Waals surface area contributed by atoms with Crippen molar-refractivity contribution in [1.29, 1.82) is 0 Å². The summed E-state index contributed by atoms with van der Waals surface area (Å²) in [5.74, 6) is 1.79. The summed E-state index contributed by atoms with van der Waals surface area (Å²) in [6.07, 6.45) is 3.99. The second-order valence-electron chi connectivity index (χ2n) is 7.24. The van der Waals surface area contributed by atoms with E-state index in [9.17, 15) is 0 Å². The molecule has 2 heterocycles. The normalized spacial score (nSPS) is 14.8. The second kappa shape index (κ2) is 10.3. The molecule has 0 spiro atoms. The number of rotatable bonds is 8. The Kier molecular flexibility index (Phi) is 7.48. The van der Waals surface area contributed by atoms with E-state index < -0.39 is 0 Å². The molecule has 0 aliphatic carbocycles. The van der Waals surface area contributed by atoms with Crippen molar-refractivity contribution in [1.82, 2.24) is 20.7 Å². The zero-order valence-corrected chi connectivity index (χ0v) is 17.4. The molecule has 0 radical (unpaired) electrons. The number of aromatic nitrogens is 1. The van der Waals surface area contributed by atoms with Gasteiger partial charge in [0.05, 0.1) is 5.69 Å². The summed E-state index contributed by atoms with van der Waals surface area (Å²) in [6, 6.07) is 8.80. The maximum absolute atomic E-state index is 5.44. The molecule has 0 bridgehead atoms. The lowest BCUT2D eigenvalue weighted by Gasteiger charge is -2.28. The predicted octanol–water partition coefficient (Wildman–Crippen LogP) is 2.91. The van der Waals surface area contributed by atoms with Gasteiger partial charge < -0.3 is 15.2 Å². The standard InChI is InChI=1S/C22H33N5O/c1-4-20-19(21(5-2)28-26-20)15-25-22(23-3)24-12-8-13-27-14-11-17-9-6-7-10-18(17)16-27/h6-7,9-10H,4-5,8,11-16H2,1-3H3,(H2,23,24,25). The number of nitrogens with zero attached hydrogens (tertiary/aromatic N) is 3. The Morgan fingerprint density at radius 1 is 1.18 bits per heavy atom. The number of aryl methyl sites for hydroxylation is 2. The SMILES string of the molecule is CCc1noc(CC)c1CNC(=NC)NCCCN1CCc2ccccc2C1. The Morgan fingerprint density at radius 2 is 2.00 bits per heavy atom. The summed E-state index contributed by atoms with van der Waals surface area (Å²) < 4.78 is 5.44. The van der Waals surface area contributed by atoms with Crippen LogP contribution in [0.3, 0.4) is 0 Å². The third-order valence-corrected chi connectivity index (χ3v) is 5.42. The van der Waals surface area contributed by atoms with Crippen LogP contribution in [0.15, 0.2) is 33.8 Å². The van der Waals surface area contributed by atoms with Crippen LogP contribution >= 0.6 is 0 Å². The van der Waals surface area contributed by atoms with E-state index in [1.54, 1.807) is 0 Å². The van der Waals surface area contributed by atoms with Gasteiger partial charge in [-0.3, -0.25) is 9.89 Å². The van der Waals surface area contributed by atoms with Crippen molar-refractivity contribution in [3.63, 3.8) is 0 Å². The summed E-state index contributed by atoms with van der Waals surface area (Å²) in [6.45, 7) is 9.11. The average Bonchev–Trinajstić information content (AvgIpc) is 3.15. The number of hydrogen-bond donors (Lipinski definition) is 2. The molecule has 0 atom stereocenters. The van der Waals surface area contributed by atoms with E-state index in [-0.39, 0.29) is 0 Å². The third kappa shape index (κ3) is 5.13. The first-order valence-corrected chi connectivity index (χ1v) is 10.4. The van der Waals surface area contributed by atoms with Crippen LogP contribution in [-0.4, -0.2) is 42.7 Å². The molecule has 1 aromatic heterocycles. The molecule has 1 aliphatic heterocycles. The maximum atomic E-state index is 5.44. The summed E-state index contributed by atoms with van der Waals surface area (Å²) in [5, 5.41) is 11.0. The number of fused-ring (bicyclic) bond motifs is 1. The minimum Gasteiger partial charge on any atom is -0.361 e. The maximum Gasteiger partial charge on any atom is 0.191 e. The number of guanidine groups is 1. The van der Waals surface area contributed by atoms with E-state index in [2.05, 4.69) is 63.8 Å². The molecule has 2 aromatic rings. The van der Waals surface area contributed by atoms with Crippen molar-refractivity contribution in [2.45, 2.75) is 52.6 Å². The van der Waals surface area contributed by atoms with E-state index in [1.807, 2.05) is 7.05 Å². The Morgan fingerprint density at radius 3 is 2.75 bits per heavy atom. The Bertz CT molecular complexity index is 761. The largest absolute Gasteiger partial charge is 0.361 e. The van der Waals surface area contributed by atoms with Crippen molar-refractivity contribution in [3.05, 3.63) is 52.4 Å². The van der Waals surface area contributed by atoms with Gasteiger partial charge in [0.1, 0.15) is 5.76 Å². The monoisotopic (exact) mass is 383 g/mol. The fourth-order valence-corrected chi connectivity index (χ4v) is 3.79. The first kappa shape index (κ1) is 20.4. The Hall–Kier alpha value is -2.34. The van der Waals surface area contributed by atoms with Gasteiger partial charge in [0.15, 0.2) is 5.96 Å². The van der Waals surface area contributed by atoms with Gasteiger partial charge >= 0.3 is 0 Å². The topological polar surface area (TPSA) is 65.7 Å². The molecule has 1 aliphatic rings. The molecular weight excluding hydrogens is 350 g/mol. The number of benzene rings is 1. The second-order valence-corrected chi connectivity index (χ2v) is 7.24. The van der Waals surface area contributed by atoms with Crippen molar-refractivity contribution < 1.29 is 4.52 Å². The Labute approximate surface area is 168 Å². The molecule has 6 heteroatoms. The van der Waals surface area contributed by atoms with Crippen LogP contribution in [0.5, 0.6) is 0 Å². The predicted molar refractivity (Wildman–Crippen MR) is 114 cm³/mol. The van der Waals surface area contributed by atoms with E-state index in [0.29, 0.717) is 6.54 Å². The van der Waals surface area contributed by atoms with Gasteiger partial charge in [0.2, 0.25) is 0 Å². The zero-order valence-electron chi connectivity index (χ0n) is 17.4. The van der Waals surface area contributed by atoms with Gasteiger partial charge in [-0.15, -0.1) is 0 Å². The van der Waals surface area contributed by atoms with Crippen LogP contribution in [0.2, 0.25) is 0 Å². The number of aliphatic imine (C=N–C) groups is 1. The summed E-state index contributed by atoms with van der Waals surface area (Å²) in [5.41, 5.74) is 5.18. The van der Waals surface area contributed by atoms with Crippen LogP contribution in [0.4, 0.5) is 0 Å². The van der Waals surface area contributed by atoms with E-state index >= 15 is 0 Å². The van der Waals surface area contributed by atoms with Crippen molar-refractivity contribution in [3.8, 4) is 0 Å². The van der Waals surface area contributed by atoms with Crippen LogP contribution in [0.25, 0.3) is 0 Å². The highest BCUT2D eigenvalue weighted by Crippen LogP contribution is 2.18. The highest BCUT2D eigenvalue weighted by atomic mass is 16.5. The van der Waals surface area contributed by atoms with E-state index in [4.69, 9.17) is 4.52 Å². The smallest absolute Gasteiger partial charge is 0.191 e. The van der Waals surface area contributed by atoms with Crippen LogP contribution in [0, 0.1) is 0 Å². The summed E-state index contributed by atoms with van der Waals surface area (Å²) in [4.78, 5) is 6.88. The first-order valence-electron chi connectivity index (χ1n) is 10.4. The van der Waals surface area contributed by atoms with Crippen molar-refractivity contribution in [2.75, 3.05) is 26.7 Å². The fraction of sp³-hybridized carbons (Fsp3) is 0.545. The molecule has 3 rings (SSSR count). The van der Waals surface area contributed by atoms with Crippen LogP contribution < -0.4 is 10.6 Å². The minimum absolute atomic E-state index is 0.693. The molecule has 6 nitrogen and oxygen atoms in total. The molecule has 2 N–H and O–H groups in total. The van der Waals surface area contributed by atoms with Crippen LogP contribution in [0.1, 0.15) is 48.4 Å². The lowest BCUT2D eigenvalue weighted by molar-refractivity contribution is 0.251. The molecule has 0 fully saturated rings. The minimum atomic E-state index is 0.693. The molecule has 0 saturated carbocycles. The van der Waals surface area contributed by atoms with Gasteiger partial charge in [0.25, 0.3) is 0 Å². The van der Waals surface area contributed by atoms with Crippen molar-refractivity contribution in [2.24, 2.45) is 4.99 Å². The molecule has 0 saturated heterocycles. The van der Waals surface area contributed by atoms with Crippen LogP contribution in [-0.2, 0) is 32.4 Å². The molecule has 0 unspecified atom stereocenters. The molecule has 0 amide bonds. The van der Waals surface area contributed by atoms with E-state index in [0.717, 1.165) is 69.3 Å².